The molecule has 1 aliphatic rings. The van der Waals surface area contributed by atoms with Crippen molar-refractivity contribution in [2.75, 3.05) is 0 Å². The largest absolute Gasteiger partial charge is 0.354 e. The highest BCUT2D eigenvalue weighted by Crippen LogP contribution is 2.30. The average molecular weight is 368 g/mol. The Hall–Kier alpha value is -3.24. The van der Waals surface area contributed by atoms with Gasteiger partial charge in [-0.05, 0) is 72.9 Å². The summed E-state index contributed by atoms with van der Waals surface area (Å²) in [5.41, 5.74) is 13.7. The first-order valence-corrected chi connectivity index (χ1v) is 9.42. The van der Waals surface area contributed by atoms with Gasteiger partial charge in [0.2, 0.25) is 0 Å². The van der Waals surface area contributed by atoms with Gasteiger partial charge in [-0.15, -0.1) is 0 Å². The Bertz CT molecular complexity index is 1380. The molecule has 0 saturated carbocycles. The number of nitrogens with one attached hydrogen (secondary N) is 1. The fraction of sp³-hybridized carbons (Fsp3) is 0.167. The van der Waals surface area contributed by atoms with E-state index >= 15 is 0 Å². The molecule has 5 rings (SSSR count). The van der Waals surface area contributed by atoms with Gasteiger partial charge in [0, 0.05) is 28.4 Å². The summed E-state index contributed by atoms with van der Waals surface area (Å²) in [6.45, 7) is 4.38. The van der Waals surface area contributed by atoms with Crippen molar-refractivity contribution in [3.05, 3.63) is 91.6 Å². The molecule has 1 aromatic heterocycles. The molecule has 0 amide bonds. The Balaban J connectivity index is 1.80. The third-order valence-electron chi connectivity index (χ3n) is 5.83. The van der Waals surface area contributed by atoms with Crippen LogP contribution in [0.3, 0.4) is 0 Å². The number of nitrogens with two attached hydrogens (primary N) is 1. The molecule has 28 heavy (non-hydrogen) atoms. The number of rotatable bonds is 1. The summed E-state index contributed by atoms with van der Waals surface area (Å²) >= 11 is 0. The molecule has 1 aliphatic carbocycles. The maximum absolute atomic E-state index is 13.2. The zero-order valence-electron chi connectivity index (χ0n) is 15.8. The molecular weight excluding hydrogens is 348 g/mol. The standard InChI is InChI=1S/C24H20N2O2/c1-12-3-4-14-7-15-8-20-22(10-18(15)23(27)17(14)5-12)26-21-9-16(11-25)13(2)6-19(21)24(20)28/h3-6,8-10H,7,11,25H2,1-2H3,(H,26,28). The molecule has 138 valence electrons. The predicted molar refractivity (Wildman–Crippen MR) is 112 cm³/mol. The maximum atomic E-state index is 13.2. The van der Waals surface area contributed by atoms with E-state index in [9.17, 15) is 9.59 Å². The summed E-state index contributed by atoms with van der Waals surface area (Å²) in [5, 5.41) is 1.27. The van der Waals surface area contributed by atoms with Crippen molar-refractivity contribution in [1.82, 2.24) is 4.98 Å². The zero-order valence-corrected chi connectivity index (χ0v) is 15.8. The van der Waals surface area contributed by atoms with Crippen molar-refractivity contribution in [2.24, 2.45) is 5.73 Å². The molecule has 0 atom stereocenters. The highest BCUT2D eigenvalue weighted by Gasteiger charge is 2.24. The van der Waals surface area contributed by atoms with Crippen LogP contribution in [0.2, 0.25) is 0 Å². The molecule has 3 aromatic carbocycles. The summed E-state index contributed by atoms with van der Waals surface area (Å²) in [6.07, 6.45) is 0.662. The first-order chi connectivity index (χ1) is 13.5. The van der Waals surface area contributed by atoms with E-state index in [1.807, 2.05) is 56.3 Å². The molecule has 1 heterocycles. The number of H-pyrrole nitrogens is 1. The Labute approximate surface area is 162 Å². The highest BCUT2D eigenvalue weighted by molar-refractivity contribution is 6.14. The number of aromatic amines is 1. The number of fused-ring (bicyclic) bond motifs is 4. The van der Waals surface area contributed by atoms with Crippen molar-refractivity contribution in [1.29, 1.82) is 0 Å². The van der Waals surface area contributed by atoms with E-state index in [2.05, 4.69) is 4.98 Å². The smallest absolute Gasteiger partial charge is 0.197 e. The van der Waals surface area contributed by atoms with Crippen LogP contribution >= 0.6 is 0 Å². The van der Waals surface area contributed by atoms with Gasteiger partial charge in [0.1, 0.15) is 0 Å². The zero-order chi connectivity index (χ0) is 19.6. The normalized spacial score (nSPS) is 13.0. The Morgan fingerprint density at radius 3 is 2.39 bits per heavy atom. The summed E-state index contributed by atoms with van der Waals surface area (Å²) in [5.74, 6) is 0.0225. The van der Waals surface area contributed by atoms with Gasteiger partial charge in [-0.2, -0.15) is 0 Å². The van der Waals surface area contributed by atoms with Crippen LogP contribution in [0.5, 0.6) is 0 Å². The minimum Gasteiger partial charge on any atom is -0.354 e. The van der Waals surface area contributed by atoms with Crippen LogP contribution in [0.15, 0.2) is 47.3 Å². The number of carbonyl (C=O) groups is 1. The lowest BCUT2D eigenvalue weighted by Crippen LogP contribution is -2.17. The summed E-state index contributed by atoms with van der Waals surface area (Å²) in [4.78, 5) is 29.6. The van der Waals surface area contributed by atoms with Crippen molar-refractivity contribution in [3.63, 3.8) is 0 Å². The first-order valence-electron chi connectivity index (χ1n) is 9.42. The van der Waals surface area contributed by atoms with E-state index in [1.54, 1.807) is 0 Å². The van der Waals surface area contributed by atoms with E-state index in [1.165, 1.54) is 0 Å². The second-order valence-electron chi connectivity index (χ2n) is 7.70. The van der Waals surface area contributed by atoms with Crippen LogP contribution in [0, 0.1) is 13.8 Å². The SMILES string of the molecule is Cc1ccc2c(c1)C(=O)c1cc3[nH]c4cc(CN)c(C)cc4c(=O)c3cc1C2. The van der Waals surface area contributed by atoms with Gasteiger partial charge in [-0.25, -0.2) is 0 Å². The van der Waals surface area contributed by atoms with Crippen molar-refractivity contribution >= 4 is 27.6 Å². The van der Waals surface area contributed by atoms with Crippen molar-refractivity contribution in [2.45, 2.75) is 26.8 Å². The van der Waals surface area contributed by atoms with E-state index in [0.29, 0.717) is 34.8 Å². The number of ketones is 1. The van der Waals surface area contributed by atoms with Crippen LogP contribution in [0.25, 0.3) is 21.8 Å². The van der Waals surface area contributed by atoms with Gasteiger partial charge in [-0.3, -0.25) is 9.59 Å². The minimum absolute atomic E-state index is 0.0135. The van der Waals surface area contributed by atoms with Gasteiger partial charge in [0.25, 0.3) is 0 Å². The van der Waals surface area contributed by atoms with Gasteiger partial charge < -0.3 is 10.7 Å². The van der Waals surface area contributed by atoms with Crippen LogP contribution in [-0.4, -0.2) is 10.8 Å². The second-order valence-corrected chi connectivity index (χ2v) is 7.70. The lowest BCUT2D eigenvalue weighted by atomic mass is 9.83. The average Bonchev–Trinajstić information content (AvgIpc) is 2.68. The van der Waals surface area contributed by atoms with Gasteiger partial charge in [0.05, 0.1) is 11.0 Å². The molecule has 0 spiro atoms. The van der Waals surface area contributed by atoms with E-state index in [0.717, 1.165) is 38.9 Å². The van der Waals surface area contributed by atoms with Crippen LogP contribution in [0.4, 0.5) is 0 Å². The van der Waals surface area contributed by atoms with Crippen LogP contribution < -0.4 is 11.2 Å². The number of aromatic nitrogens is 1. The quantitative estimate of drug-likeness (QED) is 0.441. The van der Waals surface area contributed by atoms with Crippen molar-refractivity contribution < 1.29 is 4.79 Å². The predicted octanol–water partition coefficient (Wildman–Crippen LogP) is 3.89. The number of pyridine rings is 1. The Morgan fingerprint density at radius 1 is 0.893 bits per heavy atom. The molecule has 0 fully saturated rings. The van der Waals surface area contributed by atoms with Crippen LogP contribution in [-0.2, 0) is 13.0 Å². The lowest BCUT2D eigenvalue weighted by Gasteiger charge is -2.20. The molecule has 4 nitrogen and oxygen atoms in total. The van der Waals surface area contributed by atoms with Gasteiger partial charge in [0.15, 0.2) is 11.2 Å². The summed E-state index contributed by atoms with van der Waals surface area (Å²) < 4.78 is 0. The second kappa shape index (κ2) is 5.88. The number of benzene rings is 3. The van der Waals surface area contributed by atoms with E-state index in [-0.39, 0.29) is 11.2 Å². The fourth-order valence-corrected chi connectivity index (χ4v) is 4.25. The van der Waals surface area contributed by atoms with E-state index < -0.39 is 0 Å². The fourth-order valence-electron chi connectivity index (χ4n) is 4.25. The molecule has 0 aliphatic heterocycles. The Morgan fingerprint density at radius 2 is 1.61 bits per heavy atom. The first kappa shape index (κ1) is 16.9. The molecule has 0 bridgehead atoms. The molecular formula is C24H20N2O2. The number of hydrogen-bond acceptors (Lipinski definition) is 3. The molecule has 4 aromatic rings. The van der Waals surface area contributed by atoms with Crippen LogP contribution in [0.1, 0.15) is 43.7 Å². The third kappa shape index (κ3) is 2.35. The summed E-state index contributed by atoms with van der Waals surface area (Å²) in [7, 11) is 0. The highest BCUT2D eigenvalue weighted by atomic mass is 16.1. The minimum atomic E-state index is -0.0135. The molecule has 3 N–H and O–H groups in total. The molecule has 0 saturated heterocycles. The summed E-state index contributed by atoms with van der Waals surface area (Å²) in [6, 6.07) is 13.5. The maximum Gasteiger partial charge on any atom is 0.197 e. The lowest BCUT2D eigenvalue weighted by molar-refractivity contribution is 0.103. The Kier molecular flexibility index (Phi) is 3.55. The monoisotopic (exact) mass is 368 g/mol. The number of hydrogen-bond donors (Lipinski definition) is 2. The number of aryl methyl sites for hydroxylation is 2. The van der Waals surface area contributed by atoms with E-state index in [4.69, 9.17) is 5.73 Å². The third-order valence-corrected chi connectivity index (χ3v) is 5.83. The molecule has 4 heteroatoms. The molecule has 0 radical (unpaired) electrons. The van der Waals surface area contributed by atoms with Gasteiger partial charge in [-0.1, -0.05) is 17.7 Å². The number of carbonyl (C=O) groups excluding carboxylic acids is 1. The topological polar surface area (TPSA) is 75.9 Å². The van der Waals surface area contributed by atoms with Gasteiger partial charge >= 0.3 is 0 Å². The van der Waals surface area contributed by atoms with Crippen molar-refractivity contribution in [3.8, 4) is 0 Å². The molecule has 0 unspecified atom stereocenters.